The van der Waals surface area contributed by atoms with Crippen LogP contribution in [0.2, 0.25) is 5.02 Å². The van der Waals surface area contributed by atoms with Crippen LogP contribution in [0.3, 0.4) is 0 Å². The fourth-order valence-electron chi connectivity index (χ4n) is 4.74. The normalized spacial score (nSPS) is 17.2. The van der Waals surface area contributed by atoms with Gasteiger partial charge in [-0.05, 0) is 85.9 Å². The summed E-state index contributed by atoms with van der Waals surface area (Å²) in [6, 6.07) is 16.8. The minimum absolute atomic E-state index is 0.331. The van der Waals surface area contributed by atoms with Crippen molar-refractivity contribution in [1.82, 2.24) is 4.98 Å². The highest BCUT2D eigenvalue weighted by atomic mass is 35.5. The van der Waals surface area contributed by atoms with E-state index in [0.717, 1.165) is 84.5 Å². The van der Waals surface area contributed by atoms with Gasteiger partial charge in [-0.15, -0.1) is 0 Å². The second-order valence-electron chi connectivity index (χ2n) is 10.1. The maximum absolute atomic E-state index is 6.64. The molecule has 5 rings (SSSR count). The fraction of sp³-hybridized carbons (Fsp3) is 0.433. The van der Waals surface area contributed by atoms with Gasteiger partial charge in [0.1, 0.15) is 5.75 Å². The van der Waals surface area contributed by atoms with Gasteiger partial charge in [-0.3, -0.25) is 4.98 Å². The Morgan fingerprint density at radius 1 is 1.09 bits per heavy atom. The Hall–Kier alpha value is -2.40. The van der Waals surface area contributed by atoms with Crippen LogP contribution in [0.1, 0.15) is 74.5 Å². The van der Waals surface area contributed by atoms with Crippen molar-refractivity contribution in [3.8, 4) is 16.9 Å². The number of hydrogen-bond acceptors (Lipinski definition) is 4. The van der Waals surface area contributed by atoms with E-state index in [2.05, 4.69) is 48.3 Å². The van der Waals surface area contributed by atoms with Crippen LogP contribution in [0, 0.1) is 0 Å². The minimum atomic E-state index is -0.331. The predicted octanol–water partition coefficient (Wildman–Crippen LogP) is 7.38. The summed E-state index contributed by atoms with van der Waals surface area (Å²) in [7, 11) is 0. The van der Waals surface area contributed by atoms with E-state index in [1.807, 2.05) is 24.5 Å². The molecule has 2 saturated carbocycles. The Balaban J connectivity index is 1.35. The molecule has 1 aromatic heterocycles. The molecule has 2 N–H and O–H groups in total. The molecule has 2 aliphatic carbocycles. The third-order valence-electron chi connectivity index (χ3n) is 7.25. The number of unbranched alkanes of at least 4 members (excludes halogenated alkanes) is 1. The van der Waals surface area contributed by atoms with Gasteiger partial charge in [0.05, 0.1) is 18.3 Å². The number of rotatable bonds is 12. The first-order chi connectivity index (χ1) is 17.1. The molecule has 0 bridgehead atoms. The smallest absolute Gasteiger partial charge is 0.127 e. The molecular weight excluding hydrogens is 456 g/mol. The second kappa shape index (κ2) is 10.7. The molecule has 0 aliphatic heterocycles. The number of halogens is 1. The zero-order valence-corrected chi connectivity index (χ0v) is 21.3. The van der Waals surface area contributed by atoms with Crippen molar-refractivity contribution >= 4 is 11.6 Å². The van der Waals surface area contributed by atoms with Gasteiger partial charge in [-0.25, -0.2) is 0 Å². The standard InChI is InChI=1S/C30H35ClN2O2/c1-21(6-4-5-16-32)22-9-12-28(31)23(18-22)20-34-30(14-15-30)27-19-33-17-13-25(27)26-7-2-3-8-29(26)35-24-10-11-24/h2-3,7-9,12-13,17-19,21,24H,4-6,10-11,14-16,20,32H2,1H3/t21-/m0/s1. The first-order valence-electron chi connectivity index (χ1n) is 12.9. The molecule has 4 nitrogen and oxygen atoms in total. The van der Waals surface area contributed by atoms with Crippen molar-refractivity contribution in [3.63, 3.8) is 0 Å². The van der Waals surface area contributed by atoms with E-state index in [0.29, 0.717) is 18.6 Å². The monoisotopic (exact) mass is 490 g/mol. The quantitative estimate of drug-likeness (QED) is 0.269. The zero-order chi connectivity index (χ0) is 24.3. The van der Waals surface area contributed by atoms with E-state index in [9.17, 15) is 0 Å². The van der Waals surface area contributed by atoms with E-state index < -0.39 is 0 Å². The van der Waals surface area contributed by atoms with Crippen LogP contribution in [-0.4, -0.2) is 17.6 Å². The third-order valence-corrected chi connectivity index (χ3v) is 7.61. The van der Waals surface area contributed by atoms with Crippen LogP contribution in [0.25, 0.3) is 11.1 Å². The van der Waals surface area contributed by atoms with Gasteiger partial charge >= 0.3 is 0 Å². The van der Waals surface area contributed by atoms with Crippen molar-refractivity contribution in [2.24, 2.45) is 5.73 Å². The molecule has 0 amide bonds. The number of para-hydroxylation sites is 1. The number of aromatic nitrogens is 1. The lowest BCUT2D eigenvalue weighted by atomic mass is 9.94. The lowest BCUT2D eigenvalue weighted by molar-refractivity contribution is 0.0173. The van der Waals surface area contributed by atoms with Crippen LogP contribution in [0.5, 0.6) is 5.75 Å². The molecule has 2 fully saturated rings. The molecule has 0 radical (unpaired) electrons. The van der Waals surface area contributed by atoms with Crippen LogP contribution in [0.4, 0.5) is 0 Å². The van der Waals surface area contributed by atoms with Gasteiger partial charge in [0, 0.05) is 28.5 Å². The Morgan fingerprint density at radius 3 is 2.69 bits per heavy atom. The van der Waals surface area contributed by atoms with E-state index in [1.54, 1.807) is 0 Å². The van der Waals surface area contributed by atoms with Gasteiger partial charge in [-0.2, -0.15) is 0 Å². The molecule has 1 atom stereocenters. The molecule has 184 valence electrons. The first-order valence-corrected chi connectivity index (χ1v) is 13.3. The molecule has 0 saturated heterocycles. The SMILES string of the molecule is C[C@@H](CCCCN)c1ccc(Cl)c(COC2(c3cnccc3-c3ccccc3OC3CC3)CC2)c1. The van der Waals surface area contributed by atoms with E-state index in [4.69, 9.17) is 26.8 Å². The summed E-state index contributed by atoms with van der Waals surface area (Å²) in [5.74, 6) is 1.41. The Labute approximate surface area is 213 Å². The summed E-state index contributed by atoms with van der Waals surface area (Å²) in [6.07, 6.45) is 11.7. The highest BCUT2D eigenvalue weighted by molar-refractivity contribution is 6.31. The van der Waals surface area contributed by atoms with Gasteiger partial charge in [0.15, 0.2) is 0 Å². The summed E-state index contributed by atoms with van der Waals surface area (Å²) < 4.78 is 12.9. The van der Waals surface area contributed by atoms with Gasteiger partial charge in [0.2, 0.25) is 0 Å². The lowest BCUT2D eigenvalue weighted by Crippen LogP contribution is -2.14. The maximum atomic E-state index is 6.64. The molecule has 0 spiro atoms. The lowest BCUT2D eigenvalue weighted by Gasteiger charge is -2.22. The highest BCUT2D eigenvalue weighted by Crippen LogP contribution is 2.53. The summed E-state index contributed by atoms with van der Waals surface area (Å²) in [5.41, 5.74) is 11.1. The minimum Gasteiger partial charge on any atom is -0.490 e. The topological polar surface area (TPSA) is 57.4 Å². The summed E-state index contributed by atoms with van der Waals surface area (Å²) in [4.78, 5) is 4.47. The Kier molecular flexibility index (Phi) is 7.43. The molecule has 1 heterocycles. The molecule has 0 unspecified atom stereocenters. The third kappa shape index (κ3) is 5.72. The van der Waals surface area contributed by atoms with Crippen molar-refractivity contribution in [2.45, 2.75) is 76.1 Å². The number of nitrogens with zero attached hydrogens (tertiary/aromatic N) is 1. The molecular formula is C30H35ClN2O2. The molecule has 2 aromatic carbocycles. The average molecular weight is 491 g/mol. The van der Waals surface area contributed by atoms with Crippen molar-refractivity contribution in [2.75, 3.05) is 6.54 Å². The van der Waals surface area contributed by atoms with Gasteiger partial charge < -0.3 is 15.2 Å². The van der Waals surface area contributed by atoms with Crippen molar-refractivity contribution in [3.05, 3.63) is 82.6 Å². The van der Waals surface area contributed by atoms with Gasteiger partial charge in [-0.1, -0.05) is 55.3 Å². The van der Waals surface area contributed by atoms with Crippen LogP contribution in [-0.2, 0) is 16.9 Å². The maximum Gasteiger partial charge on any atom is 0.127 e. The summed E-state index contributed by atoms with van der Waals surface area (Å²) in [6.45, 7) is 3.51. The Bertz CT molecular complexity index is 1160. The number of hydrogen-bond donors (Lipinski definition) is 1. The summed E-state index contributed by atoms with van der Waals surface area (Å²) >= 11 is 6.60. The van der Waals surface area contributed by atoms with Gasteiger partial charge in [0.25, 0.3) is 0 Å². The van der Waals surface area contributed by atoms with Crippen molar-refractivity contribution < 1.29 is 9.47 Å². The average Bonchev–Trinajstić information content (AvgIpc) is 3.81. The number of nitrogens with two attached hydrogens (primary N) is 1. The molecule has 2 aliphatic rings. The highest BCUT2D eigenvalue weighted by Gasteiger charge is 2.47. The second-order valence-corrected chi connectivity index (χ2v) is 10.5. The largest absolute Gasteiger partial charge is 0.490 e. The first kappa shape index (κ1) is 24.3. The van der Waals surface area contributed by atoms with Crippen LogP contribution < -0.4 is 10.5 Å². The molecule has 5 heteroatoms. The molecule has 3 aromatic rings. The van der Waals surface area contributed by atoms with E-state index in [1.165, 1.54) is 5.56 Å². The van der Waals surface area contributed by atoms with Crippen LogP contribution >= 0.6 is 11.6 Å². The van der Waals surface area contributed by atoms with E-state index >= 15 is 0 Å². The fourth-order valence-corrected chi connectivity index (χ4v) is 4.92. The summed E-state index contributed by atoms with van der Waals surface area (Å²) in [5, 5.41) is 0.758. The molecule has 35 heavy (non-hydrogen) atoms. The number of benzene rings is 2. The van der Waals surface area contributed by atoms with E-state index in [-0.39, 0.29) is 5.60 Å². The Morgan fingerprint density at radius 2 is 1.91 bits per heavy atom. The number of pyridine rings is 1. The predicted molar refractivity (Wildman–Crippen MR) is 142 cm³/mol. The van der Waals surface area contributed by atoms with Crippen molar-refractivity contribution in [1.29, 1.82) is 0 Å². The number of ether oxygens (including phenoxy) is 2. The van der Waals surface area contributed by atoms with Crippen LogP contribution in [0.15, 0.2) is 60.9 Å². The zero-order valence-electron chi connectivity index (χ0n) is 20.5.